The second-order valence-electron chi connectivity index (χ2n) is 5.71. The predicted octanol–water partition coefficient (Wildman–Crippen LogP) is 4.47. The number of rotatable bonds is 2. The molecule has 1 aromatic carbocycles. The summed E-state index contributed by atoms with van der Waals surface area (Å²) < 4.78 is 0.779. The van der Waals surface area contributed by atoms with Crippen molar-refractivity contribution in [3.63, 3.8) is 0 Å². The van der Waals surface area contributed by atoms with Crippen LogP contribution in [-0.4, -0.2) is 18.5 Å². The van der Waals surface area contributed by atoms with Crippen molar-refractivity contribution in [2.75, 3.05) is 11.9 Å². The molecule has 0 bridgehead atoms. The Labute approximate surface area is 137 Å². The molecule has 20 heavy (non-hydrogen) atoms. The zero-order valence-corrected chi connectivity index (χ0v) is 14.5. The average Bonchev–Trinajstić information content (AvgIpc) is 2.32. The number of hydrogen-bond donors (Lipinski definition) is 2. The molecule has 110 valence electrons. The Kier molecular flexibility index (Phi) is 5.00. The summed E-state index contributed by atoms with van der Waals surface area (Å²) >= 11 is 15.6. The minimum Gasteiger partial charge on any atom is -0.322 e. The number of piperidine rings is 1. The van der Waals surface area contributed by atoms with Crippen LogP contribution >= 0.6 is 39.1 Å². The zero-order chi connectivity index (χ0) is 14.9. The van der Waals surface area contributed by atoms with Gasteiger partial charge in [0.1, 0.15) is 0 Å². The van der Waals surface area contributed by atoms with Crippen molar-refractivity contribution in [3.8, 4) is 0 Å². The van der Waals surface area contributed by atoms with E-state index in [1.54, 1.807) is 12.1 Å². The Morgan fingerprint density at radius 3 is 2.55 bits per heavy atom. The average molecular weight is 380 g/mol. The molecular formula is C14H17BrCl2N2O. The molecular weight excluding hydrogens is 363 g/mol. The molecule has 3 nitrogen and oxygen atoms in total. The van der Waals surface area contributed by atoms with Crippen LogP contribution in [0.3, 0.4) is 0 Å². The highest BCUT2D eigenvalue weighted by atomic mass is 79.9. The molecule has 0 aromatic heterocycles. The first-order valence-corrected chi connectivity index (χ1v) is 8.05. The Morgan fingerprint density at radius 2 is 2.00 bits per heavy atom. The first-order chi connectivity index (χ1) is 9.31. The van der Waals surface area contributed by atoms with Gasteiger partial charge in [0.15, 0.2) is 0 Å². The molecule has 0 aliphatic carbocycles. The minimum absolute atomic E-state index is 0.0867. The van der Waals surface area contributed by atoms with E-state index in [1.807, 2.05) is 0 Å². The van der Waals surface area contributed by atoms with E-state index in [1.165, 1.54) is 0 Å². The molecule has 1 saturated heterocycles. The van der Waals surface area contributed by atoms with Crippen LogP contribution in [0.5, 0.6) is 0 Å². The molecule has 6 heteroatoms. The molecule has 1 heterocycles. The molecule has 1 atom stereocenters. The van der Waals surface area contributed by atoms with Gasteiger partial charge in [-0.2, -0.15) is 0 Å². The summed E-state index contributed by atoms with van der Waals surface area (Å²) in [6.07, 6.45) is 2.09. The van der Waals surface area contributed by atoms with Gasteiger partial charge in [-0.05, 0) is 36.9 Å². The number of halogens is 3. The van der Waals surface area contributed by atoms with Crippen LogP contribution in [-0.2, 0) is 4.79 Å². The lowest BCUT2D eigenvalue weighted by Crippen LogP contribution is -2.53. The van der Waals surface area contributed by atoms with Gasteiger partial charge in [0.2, 0.25) is 5.91 Å². The van der Waals surface area contributed by atoms with E-state index < -0.39 is 0 Å². The van der Waals surface area contributed by atoms with Crippen molar-refractivity contribution < 1.29 is 4.79 Å². The van der Waals surface area contributed by atoms with Crippen molar-refractivity contribution in [1.29, 1.82) is 0 Å². The number of amides is 1. The molecule has 0 spiro atoms. The number of benzene rings is 1. The van der Waals surface area contributed by atoms with Crippen molar-refractivity contribution in [1.82, 2.24) is 5.32 Å². The highest BCUT2D eigenvalue weighted by Crippen LogP contribution is 2.35. The van der Waals surface area contributed by atoms with Crippen LogP contribution in [0.4, 0.5) is 5.69 Å². The smallest absolute Gasteiger partial charge is 0.242 e. The Balaban J connectivity index is 2.20. The SMILES string of the molecule is CC1(C)CCCNC1C(=O)Nc1c(Cl)cc(Br)cc1Cl. The maximum atomic E-state index is 12.5. The van der Waals surface area contributed by atoms with Crippen LogP contribution in [0.1, 0.15) is 26.7 Å². The molecule has 0 saturated carbocycles. The van der Waals surface area contributed by atoms with Gasteiger partial charge >= 0.3 is 0 Å². The van der Waals surface area contributed by atoms with E-state index in [0.29, 0.717) is 15.7 Å². The summed E-state index contributed by atoms with van der Waals surface area (Å²) in [5, 5.41) is 6.96. The van der Waals surface area contributed by atoms with Crippen molar-refractivity contribution in [2.45, 2.75) is 32.7 Å². The summed E-state index contributed by atoms with van der Waals surface area (Å²) in [5.74, 6) is -0.0965. The number of carbonyl (C=O) groups excluding carboxylic acids is 1. The van der Waals surface area contributed by atoms with Gasteiger partial charge in [0, 0.05) is 4.47 Å². The molecule has 1 aliphatic heterocycles. The van der Waals surface area contributed by atoms with E-state index in [9.17, 15) is 4.79 Å². The maximum absolute atomic E-state index is 12.5. The summed E-state index contributed by atoms with van der Waals surface area (Å²) in [4.78, 5) is 12.5. The zero-order valence-electron chi connectivity index (χ0n) is 11.4. The second kappa shape index (κ2) is 6.22. The summed E-state index contributed by atoms with van der Waals surface area (Å²) in [5.41, 5.74) is 0.376. The van der Waals surface area contributed by atoms with Gasteiger partial charge in [-0.1, -0.05) is 53.0 Å². The normalized spacial score (nSPS) is 21.6. The van der Waals surface area contributed by atoms with E-state index in [4.69, 9.17) is 23.2 Å². The number of nitrogens with one attached hydrogen (secondary N) is 2. The number of carbonyl (C=O) groups is 1. The monoisotopic (exact) mass is 378 g/mol. The molecule has 2 rings (SSSR count). The quantitative estimate of drug-likeness (QED) is 0.795. The molecule has 1 aliphatic rings. The molecule has 2 N–H and O–H groups in total. The second-order valence-corrected chi connectivity index (χ2v) is 7.44. The molecule has 1 fully saturated rings. The first-order valence-electron chi connectivity index (χ1n) is 6.50. The van der Waals surface area contributed by atoms with E-state index >= 15 is 0 Å². The van der Waals surface area contributed by atoms with E-state index in [-0.39, 0.29) is 17.4 Å². The van der Waals surface area contributed by atoms with Crippen LogP contribution < -0.4 is 10.6 Å². The number of hydrogen-bond acceptors (Lipinski definition) is 2. The fourth-order valence-corrected chi connectivity index (χ4v) is 3.82. The third kappa shape index (κ3) is 3.48. The maximum Gasteiger partial charge on any atom is 0.242 e. The highest BCUT2D eigenvalue weighted by Gasteiger charge is 2.37. The van der Waals surface area contributed by atoms with E-state index in [2.05, 4.69) is 40.4 Å². The van der Waals surface area contributed by atoms with Crippen molar-refractivity contribution >= 4 is 50.7 Å². The van der Waals surface area contributed by atoms with Gasteiger partial charge in [0.25, 0.3) is 0 Å². The first kappa shape index (κ1) is 16.1. The molecule has 1 unspecified atom stereocenters. The van der Waals surface area contributed by atoms with Crippen LogP contribution in [0, 0.1) is 5.41 Å². The minimum atomic E-state index is -0.243. The fraction of sp³-hybridized carbons (Fsp3) is 0.500. The predicted molar refractivity (Wildman–Crippen MR) is 87.6 cm³/mol. The Hall–Kier alpha value is -0.290. The summed E-state index contributed by atoms with van der Waals surface area (Å²) in [6.45, 7) is 5.03. The molecule has 0 radical (unpaired) electrons. The lowest BCUT2D eigenvalue weighted by atomic mass is 9.77. The summed E-state index contributed by atoms with van der Waals surface area (Å²) in [6, 6.07) is 3.18. The van der Waals surface area contributed by atoms with Gasteiger partial charge in [-0.25, -0.2) is 0 Å². The lowest BCUT2D eigenvalue weighted by molar-refractivity contribution is -0.121. The van der Waals surface area contributed by atoms with Crippen molar-refractivity contribution in [2.24, 2.45) is 5.41 Å². The van der Waals surface area contributed by atoms with Crippen LogP contribution in [0.15, 0.2) is 16.6 Å². The Bertz CT molecular complexity index is 511. The molecule has 1 aromatic rings. The van der Waals surface area contributed by atoms with Crippen LogP contribution in [0.2, 0.25) is 10.0 Å². The fourth-order valence-electron chi connectivity index (χ4n) is 2.52. The van der Waals surface area contributed by atoms with Gasteiger partial charge in [-0.3, -0.25) is 4.79 Å². The lowest BCUT2D eigenvalue weighted by Gasteiger charge is -2.38. The third-order valence-electron chi connectivity index (χ3n) is 3.65. The van der Waals surface area contributed by atoms with Gasteiger partial charge in [-0.15, -0.1) is 0 Å². The standard InChI is InChI=1S/C14H17BrCl2N2O/c1-14(2)4-3-5-18-12(14)13(20)19-11-9(16)6-8(15)7-10(11)17/h6-7,12,18H,3-5H2,1-2H3,(H,19,20). The van der Waals surface area contributed by atoms with E-state index in [0.717, 1.165) is 23.9 Å². The van der Waals surface area contributed by atoms with Crippen LogP contribution in [0.25, 0.3) is 0 Å². The topological polar surface area (TPSA) is 41.1 Å². The number of anilines is 1. The molecule has 1 amide bonds. The third-order valence-corrected chi connectivity index (χ3v) is 4.70. The Morgan fingerprint density at radius 1 is 1.40 bits per heavy atom. The highest BCUT2D eigenvalue weighted by molar-refractivity contribution is 9.10. The van der Waals surface area contributed by atoms with Gasteiger partial charge in [0.05, 0.1) is 21.8 Å². The summed E-state index contributed by atoms with van der Waals surface area (Å²) in [7, 11) is 0. The van der Waals surface area contributed by atoms with Crippen molar-refractivity contribution in [3.05, 3.63) is 26.7 Å². The largest absolute Gasteiger partial charge is 0.322 e. The van der Waals surface area contributed by atoms with Gasteiger partial charge < -0.3 is 10.6 Å².